The Hall–Kier alpha value is -12.8. The maximum Gasteiger partial charge on any atom is 0.246 e. The summed E-state index contributed by atoms with van der Waals surface area (Å²) < 4.78 is 21.5. The summed E-state index contributed by atoms with van der Waals surface area (Å²) in [5.74, 6) is -15.3. The van der Waals surface area contributed by atoms with Crippen LogP contribution in [0.1, 0.15) is 155 Å². The maximum atomic E-state index is 16.2. The molecule has 0 bridgehead atoms. The number of hydrogen-bond donors (Lipinski definition) is 16. The number of nitrogens with zero attached hydrogens (tertiary/aromatic N) is 5. The summed E-state index contributed by atoms with van der Waals surface area (Å²) >= 11 is 0.893. The van der Waals surface area contributed by atoms with Crippen molar-refractivity contribution >= 4 is 140 Å². The zero-order valence-electron chi connectivity index (χ0n) is 76.7. The summed E-state index contributed by atoms with van der Waals surface area (Å²) in [6.45, 7) is 10.9. The fourth-order valence-electron chi connectivity index (χ4n) is 16.0. The molecule has 2 aliphatic rings. The molecule has 5 aromatic rings. The Kier molecular flexibility index (Phi) is 41.7. The Labute approximate surface area is 770 Å². The molecule has 0 aliphatic carbocycles. The lowest BCUT2D eigenvalue weighted by Gasteiger charge is -2.36. The van der Waals surface area contributed by atoms with E-state index in [2.05, 4.69) is 63.1 Å². The van der Waals surface area contributed by atoms with E-state index in [-0.39, 0.29) is 81.4 Å². The van der Waals surface area contributed by atoms with E-state index in [4.69, 9.17) is 27.7 Å². The fourth-order valence-corrected chi connectivity index (χ4v) is 16.9. The number of nitrogens with one attached hydrogen (secondary N) is 12. The fraction of sp³-hybridized carbons (Fsp3) is 0.556. The van der Waals surface area contributed by atoms with E-state index < -0.39 is 218 Å². The SMILES string of the molecule is CCCC[C@@H](C(=O)N(C)[C@@H](CCCC)C(=O)N[C@H](C)CCCN)N(C)C(=O)[C@H](Cc1c[nH]c2ccccc12)NC(=O)[C@H](C)NC(=O)[C@H](Cc1c[nH]c2ccccc12)NC(=O)[C@@H]1C[C@@H](F)CN1C(=O)[C@H](CC(C)C)NC(=O)[C@H](CC(N)=O)NC(=O)[C@@H]1CCCN1C(=O)[C@H](CC(N)=O)NC(=O)[C@H](C)N(C)C(=O)[C@H](Cc1ccc(OC)cc1)NC(=O)CSC[C@H](NC=O)C(=O)NCC(N)=O. The number of primary amides is 3. The molecule has 2 aliphatic heterocycles. The number of likely N-dealkylation sites (tertiary alicyclic amines) is 2. The van der Waals surface area contributed by atoms with Gasteiger partial charge in [-0.05, 0) is 119 Å². The third-order valence-electron chi connectivity index (χ3n) is 23.4. The van der Waals surface area contributed by atoms with E-state index in [9.17, 15) is 67.1 Å². The number of halogens is 1. The molecule has 722 valence electrons. The number of unbranched alkanes of at least 4 members (excludes halogenated alkanes) is 2. The highest BCUT2D eigenvalue weighted by atomic mass is 32.2. The first-order valence-corrected chi connectivity index (χ1v) is 45.7. The molecule has 7 rings (SSSR count). The molecule has 2 fully saturated rings. The number of rotatable bonds is 54. The van der Waals surface area contributed by atoms with Crippen LogP contribution in [0.3, 0.4) is 0 Å². The normalized spacial score (nSPS) is 16.9. The summed E-state index contributed by atoms with van der Waals surface area (Å²) in [4.78, 5) is 264. The lowest BCUT2D eigenvalue weighted by molar-refractivity contribution is -0.149. The van der Waals surface area contributed by atoms with Crippen LogP contribution in [0.15, 0.2) is 85.2 Å². The van der Waals surface area contributed by atoms with Crippen LogP contribution in [-0.4, -0.2) is 298 Å². The molecule has 132 heavy (non-hydrogen) atoms. The lowest BCUT2D eigenvalue weighted by atomic mass is 10.00. The van der Waals surface area contributed by atoms with Gasteiger partial charge in [0.15, 0.2) is 0 Å². The zero-order chi connectivity index (χ0) is 97.3. The van der Waals surface area contributed by atoms with Gasteiger partial charge in [-0.2, -0.15) is 0 Å². The third kappa shape index (κ3) is 30.7. The van der Waals surface area contributed by atoms with Crippen LogP contribution in [0.25, 0.3) is 21.8 Å². The van der Waals surface area contributed by atoms with Crippen molar-refractivity contribution in [2.75, 3.05) is 65.9 Å². The van der Waals surface area contributed by atoms with Gasteiger partial charge in [0.25, 0.3) is 0 Å². The molecule has 42 heteroatoms. The number of benzene rings is 3. The van der Waals surface area contributed by atoms with Crippen molar-refractivity contribution in [3.05, 3.63) is 102 Å². The summed E-state index contributed by atoms with van der Waals surface area (Å²) in [6.07, 6.45) is 3.13. The number of methoxy groups -OCH3 is 1. The van der Waals surface area contributed by atoms with Crippen molar-refractivity contribution < 1.29 is 95.4 Å². The minimum atomic E-state index is -1.87. The molecule has 2 saturated heterocycles. The summed E-state index contributed by atoms with van der Waals surface area (Å²) in [5.41, 5.74) is 25.3. The van der Waals surface area contributed by atoms with Gasteiger partial charge >= 0.3 is 0 Å². The number of carbonyl (C=O) groups is 18. The number of amides is 18. The van der Waals surface area contributed by atoms with Crippen molar-refractivity contribution in [2.45, 2.75) is 248 Å². The largest absolute Gasteiger partial charge is 0.497 e. The molecule has 0 unspecified atom stereocenters. The zero-order valence-corrected chi connectivity index (χ0v) is 77.6. The highest BCUT2D eigenvalue weighted by molar-refractivity contribution is 8.00. The molecule has 4 heterocycles. The quantitative estimate of drug-likeness (QED) is 0.0216. The smallest absolute Gasteiger partial charge is 0.246 e. The van der Waals surface area contributed by atoms with Gasteiger partial charge in [0.05, 0.1) is 38.8 Å². The van der Waals surface area contributed by atoms with Gasteiger partial charge in [-0.25, -0.2) is 4.39 Å². The van der Waals surface area contributed by atoms with Crippen LogP contribution in [0.5, 0.6) is 5.75 Å². The second kappa shape index (κ2) is 51.7. The first-order valence-electron chi connectivity index (χ1n) is 44.5. The van der Waals surface area contributed by atoms with E-state index in [1.807, 2.05) is 45.0 Å². The van der Waals surface area contributed by atoms with Crippen LogP contribution in [0.4, 0.5) is 4.39 Å². The molecule has 2 aromatic heterocycles. The van der Waals surface area contributed by atoms with Crippen molar-refractivity contribution in [2.24, 2.45) is 28.9 Å². The van der Waals surface area contributed by atoms with Gasteiger partial charge in [0.1, 0.15) is 90.5 Å². The molecule has 3 aromatic carbocycles. The van der Waals surface area contributed by atoms with E-state index in [1.54, 1.807) is 81.8 Å². The summed E-state index contributed by atoms with van der Waals surface area (Å²) in [6, 6.07) is 1.83. The second-order valence-corrected chi connectivity index (χ2v) is 35.1. The second-order valence-electron chi connectivity index (χ2n) is 34.1. The van der Waals surface area contributed by atoms with Gasteiger partial charge in [-0.3, -0.25) is 86.3 Å². The molecular formula is C90H130FN21O19S. The van der Waals surface area contributed by atoms with Crippen molar-refractivity contribution in [3.63, 3.8) is 0 Å². The number of hydrogen-bond acceptors (Lipinski definition) is 21. The number of fused-ring (bicyclic) bond motifs is 2. The third-order valence-corrected chi connectivity index (χ3v) is 24.5. The van der Waals surface area contributed by atoms with Crippen LogP contribution >= 0.6 is 11.8 Å². The Morgan fingerprint density at radius 2 is 1.09 bits per heavy atom. The predicted octanol–water partition coefficient (Wildman–Crippen LogP) is -0.600. The molecule has 40 nitrogen and oxygen atoms in total. The Morgan fingerprint density at radius 3 is 1.67 bits per heavy atom. The number of alkyl halides is 1. The monoisotopic (exact) mass is 1860 g/mol. The Bertz CT molecular complexity index is 4880. The highest BCUT2D eigenvalue weighted by Crippen LogP contribution is 2.28. The minimum absolute atomic E-state index is 0.0787. The summed E-state index contributed by atoms with van der Waals surface area (Å²) in [7, 11) is 5.69. The number of carbonyl (C=O) groups excluding carboxylic acids is 18. The van der Waals surface area contributed by atoms with Gasteiger partial charge in [-0.1, -0.05) is 102 Å². The molecule has 0 saturated carbocycles. The minimum Gasteiger partial charge on any atom is -0.497 e. The van der Waals surface area contributed by atoms with Crippen molar-refractivity contribution in [1.29, 1.82) is 0 Å². The average Bonchev–Trinajstić information content (AvgIpc) is 1.64. The van der Waals surface area contributed by atoms with Crippen LogP contribution in [-0.2, 0) is 106 Å². The van der Waals surface area contributed by atoms with E-state index in [0.717, 1.165) is 43.8 Å². The summed E-state index contributed by atoms with van der Waals surface area (Å²) in [5, 5.41) is 27.4. The van der Waals surface area contributed by atoms with E-state index in [0.29, 0.717) is 78.4 Å². The van der Waals surface area contributed by atoms with Crippen LogP contribution in [0.2, 0.25) is 0 Å². The van der Waals surface area contributed by atoms with E-state index >= 15 is 23.6 Å². The first kappa shape index (κ1) is 106. The standard InChI is InChI=1S/C90H130FN21O19S/c1-12-14-27-70(83(123)100-51(5)22-20-34-92)109(9)90(130)72(28-15-13-2)110(10)87(127)67(39-56-44-97-62-26-19-17-24-60(56)62)105-78(118)52(6)101-81(121)63(38-55-43-96-61-25-18-16-23-59(55)61)103-85(125)73-40-57(91)46-112(73)89(129)65(36-50(3)4)107-82(122)64(41-74(93)114)104-84(124)71-29-21-35-111(71)88(128)68(42-75(94)115)106-79(119)53(7)108(8)86(126)66(37-54-30-32-58(131-11)33-31-54)102-77(117)48-132-47-69(99-49-113)80(120)98-45-76(95)116/h16-19,23-26,30-33,43-44,49-53,57,63-73,96-97H,12-15,20-22,27-29,34-42,45-48,92H2,1-11H3,(H2,93,114)(H2,94,115)(H2,95,116)(H,98,120)(H,99,113)(H,100,123)(H,101,121)(H,102,117)(H,103,125)(H,104,124)(H,105,118)(H,106,119)(H,107,122)/t51-,52+,53+,57-,63+,64+,65+,66+,67+,68+,69+,70+,71+,72+,73+/m1/s1. The topological polar surface area (TPSA) is 589 Å². The number of thioether (sulfide) groups is 1. The molecule has 15 atom stereocenters. The van der Waals surface area contributed by atoms with Crippen molar-refractivity contribution in [3.8, 4) is 5.75 Å². The first-order chi connectivity index (χ1) is 62.7. The maximum absolute atomic E-state index is 16.2. The average molecular weight is 1860 g/mol. The van der Waals surface area contributed by atoms with Gasteiger partial charge in [-0.15, -0.1) is 11.8 Å². The lowest BCUT2D eigenvalue weighted by Crippen LogP contribution is -2.61. The molecule has 20 N–H and O–H groups in total. The highest BCUT2D eigenvalue weighted by Gasteiger charge is 2.47. The number of likely N-dealkylation sites (N-methyl/N-ethyl adjacent to an activating group) is 3. The molecular weight excluding hydrogens is 1730 g/mol. The number of ether oxygens (including phenoxy) is 1. The molecule has 0 radical (unpaired) electrons. The molecule has 18 amide bonds. The number of aromatic amines is 2. The van der Waals surface area contributed by atoms with Gasteiger partial charge < -0.3 is 115 Å². The van der Waals surface area contributed by atoms with Gasteiger partial charge in [0, 0.05) is 99.4 Å². The van der Waals surface area contributed by atoms with Crippen LogP contribution in [0, 0.1) is 5.92 Å². The van der Waals surface area contributed by atoms with Crippen LogP contribution < -0.4 is 80.8 Å². The molecule has 0 spiro atoms. The Balaban J connectivity index is 1.07. The predicted molar refractivity (Wildman–Crippen MR) is 490 cm³/mol. The van der Waals surface area contributed by atoms with Crippen molar-refractivity contribution in [1.82, 2.24) is 87.6 Å². The number of para-hydroxylation sites is 2. The Morgan fingerprint density at radius 1 is 0.553 bits per heavy atom. The number of aromatic nitrogens is 2. The van der Waals surface area contributed by atoms with Gasteiger partial charge in [0.2, 0.25) is 107 Å². The number of nitrogens with two attached hydrogens (primary N) is 4. The van der Waals surface area contributed by atoms with E-state index in [1.165, 1.54) is 44.9 Å². The number of H-pyrrole nitrogens is 2.